The van der Waals surface area contributed by atoms with Crippen molar-refractivity contribution in [2.75, 3.05) is 38.2 Å². The Morgan fingerprint density at radius 3 is 2.56 bits per heavy atom. The Labute approximate surface area is 268 Å². The molecule has 0 amide bonds. The minimum absolute atomic E-state index is 0.220. The fraction of sp³-hybridized carbons (Fsp3) is 0.265. The van der Waals surface area contributed by atoms with Gasteiger partial charge in [-0.25, -0.2) is 9.50 Å². The number of aryl methyl sites for hydroxylation is 1. The molecule has 5 aromatic rings. The number of nitrogens with one attached hydrogen (secondary N) is 1. The summed E-state index contributed by atoms with van der Waals surface area (Å²) in [5, 5.41) is 22.7. The number of benzene rings is 1. The van der Waals surface area contributed by atoms with Gasteiger partial charge in [-0.15, -0.1) is 6.58 Å². The van der Waals surface area contributed by atoms with Crippen LogP contribution in [-0.4, -0.2) is 67.7 Å². The Kier molecular flexibility index (Phi) is 8.49. The molecular formula is C34H35N9OS. The van der Waals surface area contributed by atoms with Crippen molar-refractivity contribution < 1.29 is 4.74 Å². The fourth-order valence-electron chi connectivity index (χ4n) is 5.68. The van der Waals surface area contributed by atoms with Crippen LogP contribution in [0.2, 0.25) is 0 Å². The molecule has 1 aliphatic rings. The van der Waals surface area contributed by atoms with Crippen molar-refractivity contribution in [2.45, 2.75) is 19.4 Å². The zero-order chi connectivity index (χ0) is 31.5. The predicted octanol–water partition coefficient (Wildman–Crippen LogP) is 5.16. The highest BCUT2D eigenvalue weighted by atomic mass is 32.1. The van der Waals surface area contributed by atoms with Gasteiger partial charge in [0, 0.05) is 92.1 Å². The van der Waals surface area contributed by atoms with Crippen molar-refractivity contribution in [3.63, 3.8) is 0 Å². The third kappa shape index (κ3) is 6.10. The number of nitriles is 1. The molecule has 6 rings (SSSR count). The first-order valence-corrected chi connectivity index (χ1v) is 15.2. The van der Waals surface area contributed by atoms with E-state index < -0.39 is 0 Å². The molecule has 1 atom stereocenters. The first-order chi connectivity index (χ1) is 21.9. The predicted molar refractivity (Wildman–Crippen MR) is 180 cm³/mol. The number of anilines is 1. The number of ether oxygens (including phenoxy) is 1. The third-order valence-electron chi connectivity index (χ3n) is 8.31. The maximum atomic E-state index is 9.75. The zero-order valence-electron chi connectivity index (χ0n) is 25.6. The van der Waals surface area contributed by atoms with E-state index in [1.54, 1.807) is 22.5 Å². The van der Waals surface area contributed by atoms with Gasteiger partial charge in [0.25, 0.3) is 0 Å². The van der Waals surface area contributed by atoms with Crippen LogP contribution in [0.1, 0.15) is 29.5 Å². The second-order valence-corrected chi connectivity index (χ2v) is 11.5. The average molecular weight is 618 g/mol. The van der Waals surface area contributed by atoms with E-state index in [1.165, 1.54) is 0 Å². The van der Waals surface area contributed by atoms with Gasteiger partial charge in [0.2, 0.25) is 0 Å². The number of hydrogen-bond acceptors (Lipinski definition) is 7. The molecule has 1 saturated heterocycles. The van der Waals surface area contributed by atoms with E-state index in [1.807, 2.05) is 44.0 Å². The minimum atomic E-state index is 0.220. The molecule has 0 spiro atoms. The Morgan fingerprint density at radius 2 is 1.89 bits per heavy atom. The highest BCUT2D eigenvalue weighted by molar-refractivity contribution is 7.80. The monoisotopic (exact) mass is 617 g/mol. The van der Waals surface area contributed by atoms with Crippen molar-refractivity contribution in [1.29, 1.82) is 5.26 Å². The van der Waals surface area contributed by atoms with Crippen molar-refractivity contribution in [3.8, 4) is 34.1 Å². The van der Waals surface area contributed by atoms with Crippen molar-refractivity contribution in [1.82, 2.24) is 34.6 Å². The molecule has 0 saturated carbocycles. The summed E-state index contributed by atoms with van der Waals surface area (Å²) in [7, 11) is 3.59. The van der Waals surface area contributed by atoms with Gasteiger partial charge < -0.3 is 19.9 Å². The van der Waals surface area contributed by atoms with Crippen LogP contribution >= 0.6 is 12.2 Å². The summed E-state index contributed by atoms with van der Waals surface area (Å²) in [6.07, 6.45) is 11.1. The summed E-state index contributed by atoms with van der Waals surface area (Å²) in [5.41, 5.74) is 7.25. The van der Waals surface area contributed by atoms with E-state index in [2.05, 4.69) is 75.2 Å². The molecule has 1 aromatic carbocycles. The maximum absolute atomic E-state index is 9.75. The Morgan fingerprint density at radius 1 is 1.07 bits per heavy atom. The molecule has 4 aromatic heterocycles. The second-order valence-electron chi connectivity index (χ2n) is 11.1. The molecule has 45 heavy (non-hydrogen) atoms. The van der Waals surface area contributed by atoms with Gasteiger partial charge in [-0.3, -0.25) is 4.68 Å². The highest BCUT2D eigenvalue weighted by Gasteiger charge is 2.21. The quantitative estimate of drug-likeness (QED) is 0.187. The van der Waals surface area contributed by atoms with Gasteiger partial charge in [0.05, 0.1) is 30.6 Å². The number of pyridine rings is 2. The van der Waals surface area contributed by atoms with Crippen LogP contribution in [0.4, 0.5) is 5.82 Å². The Bertz CT molecular complexity index is 1900. The number of methoxy groups -OCH3 is 1. The normalized spacial score (nSPS) is 13.8. The Hall–Kier alpha value is -5.21. The van der Waals surface area contributed by atoms with Crippen LogP contribution < -0.4 is 15.0 Å². The SMILES string of the molecule is C=CC(C)c1ccc(CNC(=S)N2CCN(c3ccc(-c4cc(-c5cnn(C)c5)cn5ncc(C#N)c45)cn3)CC2)cc1OC. The molecule has 228 valence electrons. The van der Waals surface area contributed by atoms with Gasteiger partial charge in [-0.2, -0.15) is 15.5 Å². The lowest BCUT2D eigenvalue weighted by Gasteiger charge is -2.36. The van der Waals surface area contributed by atoms with Crippen LogP contribution in [0.15, 0.2) is 80.0 Å². The molecule has 1 aliphatic heterocycles. The fourth-order valence-corrected chi connectivity index (χ4v) is 5.94. The van der Waals surface area contributed by atoms with Crippen LogP contribution in [0.5, 0.6) is 5.75 Å². The summed E-state index contributed by atoms with van der Waals surface area (Å²) in [6, 6.07) is 14.7. The molecule has 1 N–H and O–H groups in total. The molecule has 0 bridgehead atoms. The number of piperazine rings is 1. The van der Waals surface area contributed by atoms with E-state index in [9.17, 15) is 5.26 Å². The van der Waals surface area contributed by atoms with Gasteiger partial charge in [-0.1, -0.05) is 25.1 Å². The van der Waals surface area contributed by atoms with Crippen LogP contribution in [0.25, 0.3) is 27.8 Å². The highest BCUT2D eigenvalue weighted by Crippen LogP contribution is 2.32. The first kappa shape index (κ1) is 29.8. The summed E-state index contributed by atoms with van der Waals surface area (Å²) < 4.78 is 9.14. The van der Waals surface area contributed by atoms with E-state index in [-0.39, 0.29) is 5.92 Å². The van der Waals surface area contributed by atoms with Gasteiger partial charge in [0.1, 0.15) is 17.6 Å². The third-order valence-corrected chi connectivity index (χ3v) is 8.71. The molecule has 10 nitrogen and oxygen atoms in total. The average Bonchev–Trinajstić information content (AvgIpc) is 3.72. The zero-order valence-corrected chi connectivity index (χ0v) is 26.5. The number of nitrogens with zero attached hydrogens (tertiary/aromatic N) is 8. The smallest absolute Gasteiger partial charge is 0.169 e. The topological polar surface area (TPSA) is 99.5 Å². The van der Waals surface area contributed by atoms with E-state index in [4.69, 9.17) is 21.9 Å². The molecule has 11 heteroatoms. The number of fused-ring (bicyclic) bond motifs is 1. The summed E-state index contributed by atoms with van der Waals surface area (Å²) in [5.74, 6) is 1.99. The van der Waals surface area contributed by atoms with E-state index in [0.717, 1.165) is 81.8 Å². The molecule has 1 fully saturated rings. The molecule has 5 heterocycles. The lowest BCUT2D eigenvalue weighted by atomic mass is 9.98. The first-order valence-electron chi connectivity index (χ1n) is 14.8. The lowest BCUT2D eigenvalue weighted by Crippen LogP contribution is -2.51. The molecular weight excluding hydrogens is 583 g/mol. The van der Waals surface area contributed by atoms with Crippen LogP contribution in [0.3, 0.4) is 0 Å². The Balaban J connectivity index is 1.11. The van der Waals surface area contributed by atoms with Crippen molar-refractivity contribution >= 4 is 28.7 Å². The molecule has 0 aliphatic carbocycles. The number of rotatable bonds is 8. The summed E-state index contributed by atoms with van der Waals surface area (Å²) in [4.78, 5) is 9.31. The van der Waals surface area contributed by atoms with Crippen LogP contribution in [-0.2, 0) is 13.6 Å². The largest absolute Gasteiger partial charge is 0.496 e. The number of allylic oxidation sites excluding steroid dienone is 1. The summed E-state index contributed by atoms with van der Waals surface area (Å²) >= 11 is 5.75. The number of thiocarbonyl (C=S) groups is 1. The standard InChI is InChI=1S/C34H35N9OS/c1-5-23(2)29-8-6-24(14-31(29)44-4)17-37-34(45)42-12-10-41(11-13-42)32-9-7-25(18-36-32)30-15-26(28-20-38-40(3)21-28)22-43-33(30)27(16-35)19-39-43/h5-9,14-15,18-23H,1,10-13,17H2,2-4H3,(H,37,45). The van der Waals surface area contributed by atoms with Crippen molar-refractivity contribution in [2.24, 2.45) is 7.05 Å². The van der Waals surface area contributed by atoms with Crippen LogP contribution in [0, 0.1) is 11.3 Å². The van der Waals surface area contributed by atoms with E-state index in [0.29, 0.717) is 12.1 Å². The summed E-state index contributed by atoms with van der Waals surface area (Å²) in [6.45, 7) is 9.83. The van der Waals surface area contributed by atoms with Crippen molar-refractivity contribution in [3.05, 3.63) is 96.7 Å². The van der Waals surface area contributed by atoms with Gasteiger partial charge in [-0.05, 0) is 42.0 Å². The lowest BCUT2D eigenvalue weighted by molar-refractivity contribution is 0.378. The molecule has 0 radical (unpaired) electrons. The van der Waals surface area contributed by atoms with Gasteiger partial charge >= 0.3 is 0 Å². The van der Waals surface area contributed by atoms with Gasteiger partial charge in [0.15, 0.2) is 5.11 Å². The number of aromatic nitrogens is 5. The minimum Gasteiger partial charge on any atom is -0.496 e. The number of hydrogen-bond donors (Lipinski definition) is 1. The second kappa shape index (κ2) is 12.8. The maximum Gasteiger partial charge on any atom is 0.169 e. The molecule has 1 unspecified atom stereocenters. The van der Waals surface area contributed by atoms with E-state index >= 15 is 0 Å².